The minimum atomic E-state index is -4.07. The lowest BCUT2D eigenvalue weighted by Crippen LogP contribution is -2.41. The molecule has 0 atom stereocenters. The van der Waals surface area contributed by atoms with Crippen LogP contribution in [0, 0.1) is 11.7 Å². The molecule has 7 heteroatoms. The van der Waals surface area contributed by atoms with E-state index >= 15 is 0 Å². The lowest BCUT2D eigenvalue weighted by Gasteiger charge is -2.32. The predicted molar refractivity (Wildman–Crippen MR) is 113 cm³/mol. The number of hydrogen-bond donors (Lipinski definition) is 0. The van der Waals surface area contributed by atoms with Gasteiger partial charge in [0.2, 0.25) is 5.91 Å². The van der Waals surface area contributed by atoms with Crippen molar-refractivity contribution in [2.24, 2.45) is 5.92 Å². The summed E-state index contributed by atoms with van der Waals surface area (Å²) >= 11 is 0. The molecule has 0 unspecified atom stereocenters. The number of rotatable bonds is 7. The summed E-state index contributed by atoms with van der Waals surface area (Å²) in [5.41, 5.74) is 0.791. The summed E-state index contributed by atoms with van der Waals surface area (Å²) in [6.45, 7) is 4.36. The van der Waals surface area contributed by atoms with Gasteiger partial charge < -0.3 is 9.08 Å². The Hall–Kier alpha value is -2.41. The van der Waals surface area contributed by atoms with E-state index in [2.05, 4.69) is 0 Å². The van der Waals surface area contributed by atoms with Gasteiger partial charge in [-0.25, -0.2) is 4.39 Å². The van der Waals surface area contributed by atoms with E-state index in [0.717, 1.165) is 55.5 Å². The number of amides is 1. The zero-order valence-electron chi connectivity index (χ0n) is 17.4. The third kappa shape index (κ3) is 5.59. The molecule has 1 aliphatic carbocycles. The first-order valence-electron chi connectivity index (χ1n) is 10.4. The molecule has 0 aliphatic heterocycles. The molecule has 0 N–H and O–H groups in total. The number of carbonyl (C=O) groups is 1. The van der Waals surface area contributed by atoms with Gasteiger partial charge in [-0.3, -0.25) is 4.79 Å². The van der Waals surface area contributed by atoms with Crippen LogP contribution in [0.25, 0.3) is 0 Å². The Balaban J connectivity index is 1.75. The van der Waals surface area contributed by atoms with Crippen molar-refractivity contribution in [1.29, 1.82) is 0 Å². The molecule has 1 amide bonds. The largest absolute Gasteiger partial charge is 0.379 e. The van der Waals surface area contributed by atoms with E-state index in [1.165, 1.54) is 6.42 Å². The van der Waals surface area contributed by atoms with Crippen LogP contribution in [0.3, 0.4) is 0 Å². The van der Waals surface area contributed by atoms with Crippen LogP contribution >= 0.6 is 0 Å². The summed E-state index contributed by atoms with van der Waals surface area (Å²) in [5.74, 6) is -0.132. The number of carbonyl (C=O) groups excluding carboxylic acids is 1. The molecule has 3 rings (SSSR count). The zero-order chi connectivity index (χ0) is 21.7. The Morgan fingerprint density at radius 3 is 2.40 bits per heavy atom. The Labute approximate surface area is 178 Å². The smallest absolute Gasteiger partial charge is 0.339 e. The van der Waals surface area contributed by atoms with E-state index < -0.39 is 15.9 Å². The van der Waals surface area contributed by atoms with Crippen LogP contribution in [0.5, 0.6) is 5.75 Å². The molecular formula is C23H28FNO4S. The second-order valence-corrected chi connectivity index (χ2v) is 9.58. The molecule has 0 bridgehead atoms. The molecule has 0 aromatic heterocycles. The van der Waals surface area contributed by atoms with Crippen molar-refractivity contribution in [2.45, 2.75) is 63.4 Å². The summed E-state index contributed by atoms with van der Waals surface area (Å²) in [7, 11) is -4.07. The molecule has 162 valence electrons. The van der Waals surface area contributed by atoms with E-state index in [0.29, 0.717) is 6.54 Å². The van der Waals surface area contributed by atoms with Crippen molar-refractivity contribution in [3.8, 4) is 5.75 Å². The topological polar surface area (TPSA) is 63.7 Å². The lowest BCUT2D eigenvalue weighted by atomic mass is 9.88. The maximum atomic E-state index is 13.1. The average Bonchev–Trinajstić information content (AvgIpc) is 2.72. The molecule has 5 nitrogen and oxygen atoms in total. The van der Waals surface area contributed by atoms with Crippen LogP contribution in [0.1, 0.15) is 51.5 Å². The molecule has 30 heavy (non-hydrogen) atoms. The van der Waals surface area contributed by atoms with E-state index in [4.69, 9.17) is 4.18 Å². The van der Waals surface area contributed by atoms with Crippen molar-refractivity contribution in [2.75, 3.05) is 0 Å². The van der Waals surface area contributed by atoms with Crippen LogP contribution in [-0.4, -0.2) is 25.3 Å². The minimum Gasteiger partial charge on any atom is -0.379 e. The fraction of sp³-hybridized carbons (Fsp3) is 0.435. The normalized spacial score (nSPS) is 15.2. The van der Waals surface area contributed by atoms with Gasteiger partial charge in [0, 0.05) is 18.5 Å². The second kappa shape index (κ2) is 9.60. The van der Waals surface area contributed by atoms with Crippen molar-refractivity contribution in [3.63, 3.8) is 0 Å². The highest BCUT2D eigenvalue weighted by Crippen LogP contribution is 2.27. The number of nitrogens with zero attached hydrogens (tertiary/aromatic N) is 1. The SMILES string of the molecule is CC(C)N(Cc1cccc(OS(=O)(=O)c2ccc(F)cc2)c1)C(=O)C1CCCCC1. The van der Waals surface area contributed by atoms with Crippen LogP contribution in [-0.2, 0) is 21.5 Å². The van der Waals surface area contributed by atoms with Gasteiger partial charge in [0.25, 0.3) is 0 Å². The maximum absolute atomic E-state index is 13.1. The highest BCUT2D eigenvalue weighted by molar-refractivity contribution is 7.87. The number of benzene rings is 2. The zero-order valence-corrected chi connectivity index (χ0v) is 18.2. The third-order valence-corrected chi connectivity index (χ3v) is 6.68. The molecule has 1 fully saturated rings. The summed E-state index contributed by atoms with van der Waals surface area (Å²) in [5, 5.41) is 0. The monoisotopic (exact) mass is 433 g/mol. The third-order valence-electron chi connectivity index (χ3n) is 5.42. The van der Waals surface area contributed by atoms with Gasteiger partial charge >= 0.3 is 10.1 Å². The summed E-state index contributed by atoms with van der Waals surface area (Å²) in [6.07, 6.45) is 5.23. The number of halogens is 1. The fourth-order valence-corrected chi connectivity index (χ4v) is 4.69. The average molecular weight is 434 g/mol. The van der Waals surface area contributed by atoms with Crippen LogP contribution in [0.2, 0.25) is 0 Å². The predicted octanol–water partition coefficient (Wildman–Crippen LogP) is 4.91. The molecule has 0 spiro atoms. The van der Waals surface area contributed by atoms with Crippen LogP contribution in [0.15, 0.2) is 53.4 Å². The van der Waals surface area contributed by atoms with E-state index in [-0.39, 0.29) is 28.5 Å². The molecule has 2 aromatic carbocycles. The first-order valence-corrected chi connectivity index (χ1v) is 11.8. The molecule has 1 saturated carbocycles. The first kappa shape index (κ1) is 22.3. The Bertz CT molecular complexity index is 967. The van der Waals surface area contributed by atoms with E-state index in [1.54, 1.807) is 18.2 Å². The highest BCUT2D eigenvalue weighted by Gasteiger charge is 2.27. The second-order valence-electron chi connectivity index (χ2n) is 8.03. The summed E-state index contributed by atoms with van der Waals surface area (Å²) < 4.78 is 43.2. The van der Waals surface area contributed by atoms with Gasteiger partial charge in [-0.1, -0.05) is 31.4 Å². The molecule has 0 heterocycles. The maximum Gasteiger partial charge on any atom is 0.339 e. The van der Waals surface area contributed by atoms with Crippen molar-refractivity contribution in [3.05, 3.63) is 59.9 Å². The van der Waals surface area contributed by atoms with Crippen LogP contribution < -0.4 is 4.18 Å². The van der Waals surface area contributed by atoms with Gasteiger partial charge in [0.15, 0.2) is 0 Å². The molecular weight excluding hydrogens is 405 g/mol. The summed E-state index contributed by atoms with van der Waals surface area (Å²) in [4.78, 5) is 14.8. The van der Waals surface area contributed by atoms with Crippen molar-refractivity contribution < 1.29 is 21.8 Å². The molecule has 0 radical (unpaired) electrons. The van der Waals surface area contributed by atoms with E-state index in [1.807, 2.05) is 24.8 Å². The van der Waals surface area contributed by atoms with Gasteiger partial charge in [0.1, 0.15) is 16.5 Å². The van der Waals surface area contributed by atoms with Gasteiger partial charge in [-0.15, -0.1) is 0 Å². The van der Waals surface area contributed by atoms with Gasteiger partial charge in [-0.2, -0.15) is 8.42 Å². The van der Waals surface area contributed by atoms with Gasteiger partial charge in [-0.05, 0) is 68.7 Å². The molecule has 2 aromatic rings. The minimum absolute atomic E-state index is 0.0342. The highest BCUT2D eigenvalue weighted by atomic mass is 32.2. The Kier molecular flexibility index (Phi) is 7.13. The fourth-order valence-electron chi connectivity index (χ4n) is 3.77. The Morgan fingerprint density at radius 1 is 1.10 bits per heavy atom. The van der Waals surface area contributed by atoms with E-state index in [9.17, 15) is 17.6 Å². The van der Waals surface area contributed by atoms with Crippen molar-refractivity contribution >= 4 is 16.0 Å². The molecule has 1 aliphatic rings. The van der Waals surface area contributed by atoms with Crippen LogP contribution in [0.4, 0.5) is 4.39 Å². The first-order chi connectivity index (χ1) is 14.3. The van der Waals surface area contributed by atoms with Gasteiger partial charge in [0.05, 0.1) is 0 Å². The Morgan fingerprint density at radius 2 is 1.77 bits per heavy atom. The van der Waals surface area contributed by atoms with Crippen molar-refractivity contribution in [1.82, 2.24) is 4.90 Å². The quantitative estimate of drug-likeness (QED) is 0.582. The standard InChI is InChI=1S/C23H28FNO4S/c1-17(2)25(23(26)19-8-4-3-5-9-19)16-18-7-6-10-21(15-18)29-30(27,28)22-13-11-20(24)12-14-22/h6-7,10-15,17,19H,3-5,8-9,16H2,1-2H3. The molecule has 0 saturated heterocycles. The lowest BCUT2D eigenvalue weighted by molar-refractivity contribution is -0.139. The number of hydrogen-bond acceptors (Lipinski definition) is 4. The summed E-state index contributed by atoms with van der Waals surface area (Å²) in [6, 6.07) is 11.2.